The first kappa shape index (κ1) is 16.5. The molecule has 1 saturated heterocycles. The molecule has 2 aromatic carbocycles. The van der Waals surface area contributed by atoms with Crippen molar-refractivity contribution < 1.29 is 9.59 Å². The van der Waals surface area contributed by atoms with Gasteiger partial charge in [-0.2, -0.15) is 0 Å². The molecular weight excluding hydrogens is 324 g/mol. The van der Waals surface area contributed by atoms with Crippen LogP contribution in [0.25, 0.3) is 0 Å². The SMILES string of the molecule is C[C@@H](NC(=O)c1ccc(N2CCCC2=O)cc1)c1ccc(Cl)cc1. The average molecular weight is 343 g/mol. The number of rotatable bonds is 4. The van der Waals surface area contributed by atoms with Crippen molar-refractivity contribution in [3.05, 3.63) is 64.7 Å². The van der Waals surface area contributed by atoms with Gasteiger partial charge in [0.25, 0.3) is 5.91 Å². The monoisotopic (exact) mass is 342 g/mol. The molecule has 0 radical (unpaired) electrons. The largest absolute Gasteiger partial charge is 0.346 e. The average Bonchev–Trinajstić information content (AvgIpc) is 3.01. The van der Waals surface area contributed by atoms with Crippen molar-refractivity contribution in [3.63, 3.8) is 0 Å². The van der Waals surface area contributed by atoms with Crippen molar-refractivity contribution in [1.82, 2.24) is 5.32 Å². The van der Waals surface area contributed by atoms with Crippen LogP contribution in [0.5, 0.6) is 0 Å². The van der Waals surface area contributed by atoms with Gasteiger partial charge in [0.1, 0.15) is 0 Å². The molecule has 1 aliphatic rings. The number of amides is 2. The molecule has 0 unspecified atom stereocenters. The number of nitrogens with one attached hydrogen (secondary N) is 1. The van der Waals surface area contributed by atoms with Crippen molar-refractivity contribution in [2.45, 2.75) is 25.8 Å². The van der Waals surface area contributed by atoms with Crippen molar-refractivity contribution >= 4 is 29.1 Å². The van der Waals surface area contributed by atoms with Gasteiger partial charge in [-0.15, -0.1) is 0 Å². The second-order valence-electron chi connectivity index (χ2n) is 5.94. The zero-order chi connectivity index (χ0) is 17.1. The summed E-state index contributed by atoms with van der Waals surface area (Å²) in [5, 5.41) is 3.64. The second-order valence-corrected chi connectivity index (χ2v) is 6.38. The van der Waals surface area contributed by atoms with Crippen molar-refractivity contribution in [2.24, 2.45) is 0 Å². The number of hydrogen-bond donors (Lipinski definition) is 1. The van der Waals surface area contributed by atoms with E-state index in [4.69, 9.17) is 11.6 Å². The van der Waals surface area contributed by atoms with E-state index in [0.717, 1.165) is 24.2 Å². The van der Waals surface area contributed by atoms with Gasteiger partial charge in [0.15, 0.2) is 0 Å². The van der Waals surface area contributed by atoms with Crippen LogP contribution in [0.3, 0.4) is 0 Å². The summed E-state index contributed by atoms with van der Waals surface area (Å²) in [6.45, 7) is 2.68. The van der Waals surface area contributed by atoms with Crippen LogP contribution in [-0.2, 0) is 4.79 Å². The lowest BCUT2D eigenvalue weighted by molar-refractivity contribution is -0.117. The van der Waals surface area contributed by atoms with Crippen molar-refractivity contribution in [3.8, 4) is 0 Å². The highest BCUT2D eigenvalue weighted by Gasteiger charge is 2.21. The van der Waals surface area contributed by atoms with Crippen LogP contribution < -0.4 is 10.2 Å². The van der Waals surface area contributed by atoms with Gasteiger partial charge < -0.3 is 10.2 Å². The summed E-state index contributed by atoms with van der Waals surface area (Å²) >= 11 is 5.88. The summed E-state index contributed by atoms with van der Waals surface area (Å²) in [5.41, 5.74) is 2.41. The van der Waals surface area contributed by atoms with Gasteiger partial charge in [-0.3, -0.25) is 9.59 Å². The van der Waals surface area contributed by atoms with E-state index >= 15 is 0 Å². The van der Waals surface area contributed by atoms with E-state index in [0.29, 0.717) is 17.0 Å². The Morgan fingerprint density at radius 1 is 1.12 bits per heavy atom. The summed E-state index contributed by atoms with van der Waals surface area (Å²) in [5.74, 6) is 0.000288. The number of anilines is 1. The van der Waals surface area contributed by atoms with E-state index in [1.165, 1.54) is 0 Å². The van der Waals surface area contributed by atoms with Crippen LogP contribution in [0.4, 0.5) is 5.69 Å². The van der Waals surface area contributed by atoms with Crippen LogP contribution in [-0.4, -0.2) is 18.4 Å². The van der Waals surface area contributed by atoms with Crippen molar-refractivity contribution in [2.75, 3.05) is 11.4 Å². The summed E-state index contributed by atoms with van der Waals surface area (Å²) in [6.07, 6.45) is 1.49. The van der Waals surface area contributed by atoms with Crippen molar-refractivity contribution in [1.29, 1.82) is 0 Å². The highest BCUT2D eigenvalue weighted by atomic mass is 35.5. The first-order valence-corrected chi connectivity index (χ1v) is 8.39. The highest BCUT2D eigenvalue weighted by Crippen LogP contribution is 2.22. The number of carbonyl (C=O) groups excluding carboxylic acids is 2. The molecule has 2 amide bonds. The molecule has 124 valence electrons. The Bertz CT molecular complexity index is 741. The van der Waals surface area contributed by atoms with Crippen LogP contribution >= 0.6 is 11.6 Å². The molecule has 24 heavy (non-hydrogen) atoms. The summed E-state index contributed by atoms with van der Waals surface area (Å²) in [7, 11) is 0. The van der Waals surface area contributed by atoms with E-state index < -0.39 is 0 Å². The standard InChI is InChI=1S/C19H19ClN2O2/c1-13(14-4-8-16(20)9-5-14)21-19(24)15-6-10-17(11-7-15)22-12-2-3-18(22)23/h4-11,13H,2-3,12H2,1H3,(H,21,24)/t13-/m1/s1. The Hall–Kier alpha value is -2.33. The molecule has 0 spiro atoms. The van der Waals surface area contributed by atoms with Crippen LogP contribution in [0.1, 0.15) is 41.7 Å². The third kappa shape index (κ3) is 3.60. The summed E-state index contributed by atoms with van der Waals surface area (Å²) < 4.78 is 0. The van der Waals surface area contributed by atoms with E-state index in [-0.39, 0.29) is 17.9 Å². The maximum atomic E-state index is 12.4. The fraction of sp³-hybridized carbons (Fsp3) is 0.263. The van der Waals surface area contributed by atoms with Gasteiger partial charge in [-0.25, -0.2) is 0 Å². The number of halogens is 1. The summed E-state index contributed by atoms with van der Waals surface area (Å²) in [4.78, 5) is 25.9. The third-order valence-corrected chi connectivity index (χ3v) is 4.48. The topological polar surface area (TPSA) is 49.4 Å². The Morgan fingerprint density at radius 2 is 1.79 bits per heavy atom. The molecule has 0 aromatic heterocycles. The molecule has 0 bridgehead atoms. The van der Waals surface area contributed by atoms with Gasteiger partial charge >= 0.3 is 0 Å². The quantitative estimate of drug-likeness (QED) is 0.914. The van der Waals surface area contributed by atoms with E-state index in [2.05, 4.69) is 5.32 Å². The zero-order valence-corrected chi connectivity index (χ0v) is 14.2. The molecule has 3 rings (SSSR count). The predicted molar refractivity (Wildman–Crippen MR) is 95.4 cm³/mol. The van der Waals surface area contributed by atoms with Crippen LogP contribution in [0.2, 0.25) is 5.02 Å². The molecular formula is C19H19ClN2O2. The minimum Gasteiger partial charge on any atom is -0.346 e. The molecule has 2 aromatic rings. The molecule has 1 N–H and O–H groups in total. The predicted octanol–water partition coefficient (Wildman–Crippen LogP) is 3.96. The van der Waals surface area contributed by atoms with Crippen LogP contribution in [0.15, 0.2) is 48.5 Å². The second kappa shape index (κ2) is 7.05. The van der Waals surface area contributed by atoms with E-state index in [1.807, 2.05) is 31.2 Å². The molecule has 0 aliphatic carbocycles. The minimum absolute atomic E-state index is 0.116. The summed E-state index contributed by atoms with van der Waals surface area (Å²) in [6, 6.07) is 14.5. The van der Waals surface area contributed by atoms with Gasteiger partial charge in [0.05, 0.1) is 6.04 Å². The number of hydrogen-bond acceptors (Lipinski definition) is 2. The Morgan fingerprint density at radius 3 is 2.38 bits per heavy atom. The van der Waals surface area contributed by atoms with Crippen LogP contribution in [0, 0.1) is 0 Å². The lowest BCUT2D eigenvalue weighted by Gasteiger charge is -2.17. The zero-order valence-electron chi connectivity index (χ0n) is 13.5. The Balaban J connectivity index is 1.66. The minimum atomic E-state index is -0.142. The number of benzene rings is 2. The maximum absolute atomic E-state index is 12.4. The normalized spacial score (nSPS) is 15.4. The molecule has 1 atom stereocenters. The van der Waals surface area contributed by atoms with Gasteiger partial charge in [-0.1, -0.05) is 23.7 Å². The molecule has 1 heterocycles. The first-order chi connectivity index (χ1) is 11.5. The lowest BCUT2D eigenvalue weighted by atomic mass is 10.1. The molecule has 1 fully saturated rings. The third-order valence-electron chi connectivity index (χ3n) is 4.23. The van der Waals surface area contributed by atoms with E-state index in [1.54, 1.807) is 29.2 Å². The van der Waals surface area contributed by atoms with Gasteiger partial charge in [0, 0.05) is 29.2 Å². The van der Waals surface area contributed by atoms with Gasteiger partial charge in [0.2, 0.25) is 5.91 Å². The first-order valence-electron chi connectivity index (χ1n) is 8.01. The molecule has 4 nitrogen and oxygen atoms in total. The molecule has 0 saturated carbocycles. The Labute approximate surface area is 146 Å². The number of nitrogens with zero attached hydrogens (tertiary/aromatic N) is 1. The maximum Gasteiger partial charge on any atom is 0.251 e. The number of carbonyl (C=O) groups is 2. The highest BCUT2D eigenvalue weighted by molar-refractivity contribution is 6.30. The molecule has 5 heteroatoms. The molecule has 1 aliphatic heterocycles. The fourth-order valence-electron chi connectivity index (χ4n) is 2.83. The lowest BCUT2D eigenvalue weighted by Crippen LogP contribution is -2.27. The smallest absolute Gasteiger partial charge is 0.251 e. The fourth-order valence-corrected chi connectivity index (χ4v) is 2.95. The van der Waals surface area contributed by atoms with Gasteiger partial charge in [-0.05, 0) is 55.3 Å². The van der Waals surface area contributed by atoms with E-state index in [9.17, 15) is 9.59 Å². The Kier molecular flexibility index (Phi) is 4.86.